The zero-order chi connectivity index (χ0) is 15.6. The third kappa shape index (κ3) is 7.54. The number of hydrogen-bond acceptors (Lipinski definition) is 6. The van der Waals surface area contributed by atoms with E-state index in [1.165, 1.54) is 6.07 Å². The molecule has 0 saturated carbocycles. The summed E-state index contributed by atoms with van der Waals surface area (Å²) in [6.45, 7) is 3.88. The van der Waals surface area contributed by atoms with Gasteiger partial charge in [-0.3, -0.25) is 4.18 Å². The lowest BCUT2D eigenvalue weighted by Gasteiger charge is -2.07. The van der Waals surface area contributed by atoms with Gasteiger partial charge in [-0.2, -0.15) is 8.42 Å². The second-order valence-electron chi connectivity index (χ2n) is 4.31. The fraction of sp³-hybridized carbons (Fsp3) is 0.571. The number of aryl methyl sites for hydroxylation is 1. The number of benzene rings is 1. The van der Waals surface area contributed by atoms with Crippen LogP contribution in [0.1, 0.15) is 5.56 Å². The SMILES string of the molecule is COCCOCCOCCOS(=O)(=O)c1cccc(C)c1. The van der Waals surface area contributed by atoms with Gasteiger partial charge >= 0.3 is 0 Å². The monoisotopic (exact) mass is 318 g/mol. The highest BCUT2D eigenvalue weighted by atomic mass is 32.2. The molecule has 0 radical (unpaired) electrons. The van der Waals surface area contributed by atoms with Gasteiger partial charge in [0.2, 0.25) is 0 Å². The molecule has 0 aliphatic heterocycles. The van der Waals surface area contributed by atoms with Crippen LogP contribution < -0.4 is 0 Å². The Bertz CT molecular complexity index is 500. The van der Waals surface area contributed by atoms with E-state index < -0.39 is 10.1 Å². The van der Waals surface area contributed by atoms with Crippen LogP contribution in [-0.4, -0.2) is 55.2 Å². The minimum Gasteiger partial charge on any atom is -0.382 e. The van der Waals surface area contributed by atoms with Crippen molar-refractivity contribution in [2.45, 2.75) is 11.8 Å². The van der Waals surface area contributed by atoms with E-state index in [2.05, 4.69) is 0 Å². The van der Waals surface area contributed by atoms with Crippen LogP contribution in [0, 0.1) is 6.92 Å². The average molecular weight is 318 g/mol. The molecule has 0 aromatic heterocycles. The highest BCUT2D eigenvalue weighted by Crippen LogP contribution is 2.13. The molecule has 1 aromatic rings. The molecular weight excluding hydrogens is 296 g/mol. The molecule has 1 aromatic carbocycles. The van der Waals surface area contributed by atoms with Crippen LogP contribution in [-0.2, 0) is 28.5 Å². The quantitative estimate of drug-likeness (QED) is 0.453. The van der Waals surface area contributed by atoms with Crippen LogP contribution in [0.15, 0.2) is 29.2 Å². The smallest absolute Gasteiger partial charge is 0.297 e. The van der Waals surface area contributed by atoms with Crippen LogP contribution in [0.2, 0.25) is 0 Å². The van der Waals surface area contributed by atoms with Gasteiger partial charge in [-0.25, -0.2) is 0 Å². The fourth-order valence-corrected chi connectivity index (χ4v) is 2.50. The number of rotatable bonds is 11. The normalized spacial score (nSPS) is 11.7. The Kier molecular flexibility index (Phi) is 8.48. The van der Waals surface area contributed by atoms with Crippen LogP contribution in [0.5, 0.6) is 0 Å². The molecule has 0 bridgehead atoms. The van der Waals surface area contributed by atoms with Crippen LogP contribution in [0.4, 0.5) is 0 Å². The van der Waals surface area contributed by atoms with Crippen LogP contribution in [0.25, 0.3) is 0 Å². The molecule has 1 rings (SSSR count). The maximum Gasteiger partial charge on any atom is 0.297 e. The Morgan fingerprint density at radius 2 is 1.57 bits per heavy atom. The van der Waals surface area contributed by atoms with Gasteiger partial charge in [-0.05, 0) is 24.6 Å². The van der Waals surface area contributed by atoms with Gasteiger partial charge in [-0.1, -0.05) is 12.1 Å². The van der Waals surface area contributed by atoms with Crippen molar-refractivity contribution in [3.63, 3.8) is 0 Å². The summed E-state index contributed by atoms with van der Waals surface area (Å²) in [5.41, 5.74) is 0.865. The Morgan fingerprint density at radius 3 is 2.19 bits per heavy atom. The zero-order valence-corrected chi connectivity index (χ0v) is 13.2. The minimum atomic E-state index is -3.72. The lowest BCUT2D eigenvalue weighted by molar-refractivity contribution is 0.0184. The maximum atomic E-state index is 11.9. The molecule has 0 aliphatic carbocycles. The molecule has 6 nitrogen and oxygen atoms in total. The molecule has 0 fully saturated rings. The topological polar surface area (TPSA) is 71.1 Å². The lowest BCUT2D eigenvalue weighted by atomic mass is 10.2. The van der Waals surface area contributed by atoms with Crippen LogP contribution in [0.3, 0.4) is 0 Å². The molecular formula is C14H22O6S. The Labute approximate surface area is 126 Å². The molecule has 0 aliphatic rings. The van der Waals surface area contributed by atoms with E-state index >= 15 is 0 Å². The van der Waals surface area contributed by atoms with Crippen molar-refractivity contribution in [3.8, 4) is 0 Å². The third-order valence-electron chi connectivity index (χ3n) is 2.55. The zero-order valence-electron chi connectivity index (χ0n) is 12.4. The van der Waals surface area contributed by atoms with E-state index in [0.717, 1.165) is 5.56 Å². The van der Waals surface area contributed by atoms with Gasteiger partial charge in [0.1, 0.15) is 0 Å². The average Bonchev–Trinajstić information content (AvgIpc) is 2.45. The maximum absolute atomic E-state index is 11.9. The van der Waals surface area contributed by atoms with E-state index in [1.54, 1.807) is 19.2 Å². The van der Waals surface area contributed by atoms with E-state index in [4.69, 9.17) is 18.4 Å². The van der Waals surface area contributed by atoms with Crippen molar-refractivity contribution in [2.75, 3.05) is 46.8 Å². The number of hydrogen-bond donors (Lipinski definition) is 0. The molecule has 0 heterocycles. The first-order valence-corrected chi connectivity index (χ1v) is 8.07. The molecule has 0 unspecified atom stereocenters. The summed E-state index contributed by atoms with van der Waals surface area (Å²) < 4.78 is 43.9. The molecule has 0 atom stereocenters. The van der Waals surface area contributed by atoms with Gasteiger partial charge in [0.05, 0.1) is 44.5 Å². The minimum absolute atomic E-state index is 0.0195. The molecule has 0 amide bonds. The number of methoxy groups -OCH3 is 1. The summed E-state index contributed by atoms with van der Waals surface area (Å²) in [5, 5.41) is 0. The first kappa shape index (κ1) is 18.1. The highest BCUT2D eigenvalue weighted by molar-refractivity contribution is 7.86. The largest absolute Gasteiger partial charge is 0.382 e. The summed E-state index contributed by atoms with van der Waals surface area (Å²) in [6.07, 6.45) is 0. The molecule has 7 heteroatoms. The van der Waals surface area contributed by atoms with Crippen molar-refractivity contribution in [2.24, 2.45) is 0 Å². The van der Waals surface area contributed by atoms with Crippen molar-refractivity contribution >= 4 is 10.1 Å². The van der Waals surface area contributed by atoms with Crippen molar-refractivity contribution in [1.29, 1.82) is 0 Å². The predicted octanol–water partition coefficient (Wildman–Crippen LogP) is 1.38. The molecule has 21 heavy (non-hydrogen) atoms. The van der Waals surface area contributed by atoms with E-state index in [1.807, 2.05) is 13.0 Å². The highest BCUT2D eigenvalue weighted by Gasteiger charge is 2.14. The van der Waals surface area contributed by atoms with Gasteiger partial charge in [0, 0.05) is 7.11 Å². The summed E-state index contributed by atoms with van der Waals surface area (Å²) in [5.74, 6) is 0. The van der Waals surface area contributed by atoms with Crippen molar-refractivity contribution in [3.05, 3.63) is 29.8 Å². The number of ether oxygens (including phenoxy) is 3. The molecule has 0 saturated heterocycles. The summed E-state index contributed by atoms with van der Waals surface area (Å²) in [7, 11) is -2.11. The fourth-order valence-electron chi connectivity index (χ4n) is 1.51. The second kappa shape index (κ2) is 9.86. The first-order valence-electron chi connectivity index (χ1n) is 6.67. The standard InChI is InChI=1S/C14H22O6S/c1-13-4-3-5-14(12-13)21(15,16)20-11-10-19-9-8-18-7-6-17-2/h3-5,12H,6-11H2,1-2H3. The summed E-state index contributed by atoms with van der Waals surface area (Å²) in [6, 6.07) is 6.58. The Hall–Kier alpha value is -0.990. The van der Waals surface area contributed by atoms with Gasteiger partial charge in [0.25, 0.3) is 10.1 Å². The van der Waals surface area contributed by atoms with E-state index in [0.29, 0.717) is 26.4 Å². The van der Waals surface area contributed by atoms with E-state index in [9.17, 15) is 8.42 Å². The second-order valence-corrected chi connectivity index (χ2v) is 5.93. The van der Waals surface area contributed by atoms with Crippen LogP contribution >= 0.6 is 0 Å². The lowest BCUT2D eigenvalue weighted by Crippen LogP contribution is -2.14. The van der Waals surface area contributed by atoms with Gasteiger partial charge in [0.15, 0.2) is 0 Å². The van der Waals surface area contributed by atoms with E-state index in [-0.39, 0.29) is 18.1 Å². The predicted molar refractivity (Wildman–Crippen MR) is 77.8 cm³/mol. The molecule has 0 N–H and O–H groups in total. The van der Waals surface area contributed by atoms with Gasteiger partial charge < -0.3 is 14.2 Å². The Balaban J connectivity index is 2.17. The van der Waals surface area contributed by atoms with Gasteiger partial charge in [-0.15, -0.1) is 0 Å². The molecule has 0 spiro atoms. The molecule has 120 valence electrons. The van der Waals surface area contributed by atoms with Crippen molar-refractivity contribution in [1.82, 2.24) is 0 Å². The Morgan fingerprint density at radius 1 is 0.952 bits per heavy atom. The third-order valence-corrected chi connectivity index (χ3v) is 3.86. The summed E-state index contributed by atoms with van der Waals surface area (Å²) >= 11 is 0. The van der Waals surface area contributed by atoms with Crippen molar-refractivity contribution < 1.29 is 26.8 Å². The first-order chi connectivity index (χ1) is 10.1. The summed E-state index contributed by atoms with van der Waals surface area (Å²) in [4.78, 5) is 0.158.